The van der Waals surface area contributed by atoms with Crippen LogP contribution in [0, 0.1) is 5.92 Å². The number of aldehydes is 1. The van der Waals surface area contributed by atoms with Gasteiger partial charge in [0.05, 0.1) is 12.0 Å². The second kappa shape index (κ2) is 2.57. The van der Waals surface area contributed by atoms with Crippen molar-refractivity contribution in [2.24, 2.45) is 5.92 Å². The Morgan fingerprint density at radius 1 is 1.64 bits per heavy atom. The predicted molar refractivity (Wildman–Crippen MR) is 49.7 cm³/mol. The molecule has 2 heterocycles. The van der Waals surface area contributed by atoms with Crippen LogP contribution in [0.4, 0.5) is 0 Å². The summed E-state index contributed by atoms with van der Waals surface area (Å²) in [4.78, 5) is 22.7. The maximum Gasteiger partial charge on any atom is 0.227 e. The molecule has 4 unspecified atom stereocenters. The Labute approximate surface area is 83.0 Å². The SMILES string of the molecule is CCC1C(=O)NC2(C=O)C(C)OC12C. The highest BCUT2D eigenvalue weighted by molar-refractivity contribution is 5.92. The molecule has 14 heavy (non-hydrogen) atoms. The van der Waals surface area contributed by atoms with Crippen molar-refractivity contribution in [3.05, 3.63) is 0 Å². The van der Waals surface area contributed by atoms with E-state index in [0.29, 0.717) is 6.42 Å². The average molecular weight is 197 g/mol. The first-order chi connectivity index (χ1) is 6.52. The summed E-state index contributed by atoms with van der Waals surface area (Å²) in [5, 5.41) is 2.78. The molecule has 78 valence electrons. The lowest BCUT2D eigenvalue weighted by atomic mass is 9.68. The zero-order chi connectivity index (χ0) is 10.6. The quantitative estimate of drug-likeness (QED) is 0.646. The van der Waals surface area contributed by atoms with Gasteiger partial charge in [0.2, 0.25) is 5.91 Å². The molecule has 2 saturated heterocycles. The smallest absolute Gasteiger partial charge is 0.227 e. The largest absolute Gasteiger partial charge is 0.365 e. The van der Waals surface area contributed by atoms with Gasteiger partial charge in [0.15, 0.2) is 11.8 Å². The van der Waals surface area contributed by atoms with Gasteiger partial charge in [0, 0.05) is 0 Å². The molecule has 0 saturated carbocycles. The van der Waals surface area contributed by atoms with Crippen molar-refractivity contribution >= 4 is 12.2 Å². The highest BCUT2D eigenvalue weighted by atomic mass is 16.5. The molecule has 4 nitrogen and oxygen atoms in total. The summed E-state index contributed by atoms with van der Waals surface area (Å²) in [6.07, 6.45) is 1.31. The molecule has 0 aromatic heterocycles. The maximum absolute atomic E-state index is 11.6. The summed E-state index contributed by atoms with van der Waals surface area (Å²) in [6.45, 7) is 5.59. The molecule has 0 radical (unpaired) electrons. The number of nitrogens with one attached hydrogen (secondary N) is 1. The van der Waals surface area contributed by atoms with Crippen LogP contribution in [0.5, 0.6) is 0 Å². The molecule has 0 bridgehead atoms. The highest BCUT2D eigenvalue weighted by Gasteiger charge is 2.72. The van der Waals surface area contributed by atoms with E-state index in [4.69, 9.17) is 4.74 Å². The Kier molecular flexibility index (Phi) is 1.77. The first-order valence-corrected chi connectivity index (χ1v) is 4.98. The van der Waals surface area contributed by atoms with Crippen LogP contribution in [0.3, 0.4) is 0 Å². The summed E-state index contributed by atoms with van der Waals surface area (Å²) in [6, 6.07) is 0. The van der Waals surface area contributed by atoms with Gasteiger partial charge in [0.1, 0.15) is 5.60 Å². The minimum absolute atomic E-state index is 0.0635. The molecule has 0 aliphatic carbocycles. The van der Waals surface area contributed by atoms with Crippen LogP contribution >= 0.6 is 0 Å². The Bertz CT molecular complexity index is 304. The second-order valence-corrected chi connectivity index (χ2v) is 4.30. The van der Waals surface area contributed by atoms with Gasteiger partial charge in [-0.2, -0.15) is 0 Å². The van der Waals surface area contributed by atoms with Gasteiger partial charge >= 0.3 is 0 Å². The van der Waals surface area contributed by atoms with E-state index in [-0.39, 0.29) is 17.9 Å². The van der Waals surface area contributed by atoms with Crippen molar-refractivity contribution in [1.82, 2.24) is 5.32 Å². The van der Waals surface area contributed by atoms with Crippen molar-refractivity contribution in [2.45, 2.75) is 44.4 Å². The van der Waals surface area contributed by atoms with E-state index in [1.165, 1.54) is 0 Å². The summed E-state index contributed by atoms with van der Waals surface area (Å²) in [7, 11) is 0. The first-order valence-electron chi connectivity index (χ1n) is 4.98. The van der Waals surface area contributed by atoms with E-state index >= 15 is 0 Å². The van der Waals surface area contributed by atoms with E-state index in [0.717, 1.165) is 6.29 Å². The predicted octanol–water partition coefficient (Wildman–Crippen LogP) is 0.257. The standard InChI is InChI=1S/C10H15NO3/c1-4-7-8(13)11-10(5-12)6(2)14-9(7,10)3/h5-7H,4H2,1-3H3,(H,11,13). The van der Waals surface area contributed by atoms with E-state index in [9.17, 15) is 9.59 Å². The maximum atomic E-state index is 11.6. The molecule has 2 aliphatic heterocycles. The van der Waals surface area contributed by atoms with Crippen molar-refractivity contribution in [1.29, 1.82) is 0 Å². The zero-order valence-electron chi connectivity index (χ0n) is 8.66. The molecule has 1 amide bonds. The minimum Gasteiger partial charge on any atom is -0.365 e. The van der Waals surface area contributed by atoms with Crippen LogP contribution in [0.2, 0.25) is 0 Å². The molecule has 0 aromatic carbocycles. The highest BCUT2D eigenvalue weighted by Crippen LogP contribution is 2.51. The van der Waals surface area contributed by atoms with Crippen molar-refractivity contribution in [2.75, 3.05) is 0 Å². The number of carbonyl (C=O) groups is 2. The number of carbonyl (C=O) groups excluding carboxylic acids is 2. The van der Waals surface area contributed by atoms with Gasteiger partial charge in [-0.1, -0.05) is 6.92 Å². The van der Waals surface area contributed by atoms with Crippen molar-refractivity contribution in [3.8, 4) is 0 Å². The Morgan fingerprint density at radius 3 is 2.64 bits per heavy atom. The van der Waals surface area contributed by atoms with Gasteiger partial charge in [-0.05, 0) is 20.3 Å². The van der Waals surface area contributed by atoms with Gasteiger partial charge < -0.3 is 14.8 Å². The molecule has 0 aromatic rings. The number of ether oxygens (including phenoxy) is 1. The van der Waals surface area contributed by atoms with Crippen LogP contribution in [0.15, 0.2) is 0 Å². The van der Waals surface area contributed by atoms with Crippen LogP contribution in [-0.2, 0) is 14.3 Å². The topological polar surface area (TPSA) is 55.4 Å². The van der Waals surface area contributed by atoms with Crippen molar-refractivity contribution in [3.63, 3.8) is 0 Å². The summed E-state index contributed by atoms with van der Waals surface area (Å²) >= 11 is 0. The third-order valence-electron chi connectivity index (χ3n) is 3.79. The monoisotopic (exact) mass is 197 g/mol. The molecule has 2 rings (SSSR count). The van der Waals surface area contributed by atoms with Gasteiger partial charge in [-0.25, -0.2) is 0 Å². The fourth-order valence-electron chi connectivity index (χ4n) is 2.86. The molecule has 1 N–H and O–H groups in total. The fourth-order valence-corrected chi connectivity index (χ4v) is 2.86. The Balaban J connectivity index is 2.42. The van der Waals surface area contributed by atoms with Crippen LogP contribution < -0.4 is 5.32 Å². The third kappa shape index (κ3) is 0.741. The third-order valence-corrected chi connectivity index (χ3v) is 3.79. The number of rotatable bonds is 2. The molecular formula is C10H15NO3. The lowest BCUT2D eigenvalue weighted by molar-refractivity contribution is -0.251. The van der Waals surface area contributed by atoms with Gasteiger partial charge in [0.25, 0.3) is 0 Å². The summed E-state index contributed by atoms with van der Waals surface area (Å²) in [5.74, 6) is -0.268. The number of hydrogen-bond donors (Lipinski definition) is 1. The van der Waals surface area contributed by atoms with Gasteiger partial charge in [-0.3, -0.25) is 4.79 Å². The molecule has 4 heteroatoms. The Hall–Kier alpha value is -0.900. The first kappa shape index (κ1) is 9.65. The molecule has 4 atom stereocenters. The van der Waals surface area contributed by atoms with Gasteiger partial charge in [-0.15, -0.1) is 0 Å². The average Bonchev–Trinajstić information content (AvgIpc) is 2.30. The Morgan fingerprint density at radius 2 is 2.29 bits per heavy atom. The number of amides is 1. The lowest BCUT2D eigenvalue weighted by Gasteiger charge is -2.55. The van der Waals surface area contributed by atoms with E-state index in [1.807, 2.05) is 20.8 Å². The van der Waals surface area contributed by atoms with E-state index < -0.39 is 11.1 Å². The minimum atomic E-state index is -0.787. The second-order valence-electron chi connectivity index (χ2n) is 4.30. The summed E-state index contributed by atoms with van der Waals surface area (Å²) < 4.78 is 5.60. The normalized spacial score (nSPS) is 50.6. The van der Waals surface area contributed by atoms with E-state index in [1.54, 1.807) is 0 Å². The number of fused-ring (bicyclic) bond motifs is 1. The molecule has 0 spiro atoms. The fraction of sp³-hybridized carbons (Fsp3) is 0.800. The van der Waals surface area contributed by atoms with Crippen molar-refractivity contribution < 1.29 is 14.3 Å². The zero-order valence-corrected chi connectivity index (χ0v) is 8.66. The van der Waals surface area contributed by atoms with Crippen LogP contribution in [-0.4, -0.2) is 29.4 Å². The molecule has 2 aliphatic rings. The van der Waals surface area contributed by atoms with E-state index in [2.05, 4.69) is 5.32 Å². The molecule has 2 fully saturated rings. The molecular weight excluding hydrogens is 182 g/mol. The summed E-state index contributed by atoms with van der Waals surface area (Å²) in [5.41, 5.74) is -1.43. The van der Waals surface area contributed by atoms with Crippen LogP contribution in [0.25, 0.3) is 0 Å². The number of hydrogen-bond acceptors (Lipinski definition) is 3. The van der Waals surface area contributed by atoms with Crippen LogP contribution in [0.1, 0.15) is 27.2 Å². The lowest BCUT2D eigenvalue weighted by Crippen LogP contribution is -2.76.